The Morgan fingerprint density at radius 3 is 2.67 bits per heavy atom. The van der Waals surface area contributed by atoms with Crippen molar-refractivity contribution in [3.63, 3.8) is 0 Å². The Bertz CT molecular complexity index is 1680. The Hall–Kier alpha value is -4.40. The molecule has 0 fully saturated rings. The molecule has 1 aliphatic carbocycles. The largest absolute Gasteiger partial charge is 0.493 e. The third-order valence-corrected chi connectivity index (χ3v) is 7.27. The van der Waals surface area contributed by atoms with Gasteiger partial charge in [-0.2, -0.15) is 5.10 Å². The number of para-hydroxylation sites is 1. The molecule has 0 unspecified atom stereocenters. The average molecular weight is 541 g/mol. The zero-order valence-electron chi connectivity index (χ0n) is 22.5. The van der Waals surface area contributed by atoms with Crippen LogP contribution in [0.15, 0.2) is 54.9 Å². The van der Waals surface area contributed by atoms with Crippen LogP contribution in [0.3, 0.4) is 0 Å². The summed E-state index contributed by atoms with van der Waals surface area (Å²) in [6.07, 6.45) is 8.06. The van der Waals surface area contributed by atoms with Gasteiger partial charge in [-0.1, -0.05) is 31.5 Å². The number of rotatable bonds is 9. The molecule has 0 spiro atoms. The molecule has 0 amide bonds. The first-order valence-electron chi connectivity index (χ1n) is 13.7. The van der Waals surface area contributed by atoms with Crippen molar-refractivity contribution in [2.45, 2.75) is 52.5 Å². The lowest BCUT2D eigenvalue weighted by Gasteiger charge is -2.13. The lowest BCUT2D eigenvalue weighted by atomic mass is 10.1. The number of unbranched alkanes of at least 4 members (excludes halogenated alkanes) is 1. The van der Waals surface area contributed by atoms with E-state index in [1.54, 1.807) is 10.9 Å². The first kappa shape index (κ1) is 25.9. The molecule has 40 heavy (non-hydrogen) atoms. The summed E-state index contributed by atoms with van der Waals surface area (Å²) in [5.74, 6) is 0.0852. The molecule has 0 saturated heterocycles. The first-order chi connectivity index (χ1) is 19.5. The molecule has 1 N–H and O–H groups in total. The van der Waals surface area contributed by atoms with E-state index in [1.807, 2.05) is 50.4 Å². The molecule has 2 aromatic carbocycles. The van der Waals surface area contributed by atoms with Crippen LogP contribution in [0.2, 0.25) is 0 Å². The highest BCUT2D eigenvalue weighted by atomic mass is 19.1. The third kappa shape index (κ3) is 4.99. The van der Waals surface area contributed by atoms with E-state index in [0.29, 0.717) is 18.1 Å². The van der Waals surface area contributed by atoms with Crippen molar-refractivity contribution in [1.29, 1.82) is 0 Å². The minimum atomic E-state index is -0.666. The molecular formula is C31H30F2N6O. The summed E-state index contributed by atoms with van der Waals surface area (Å²) < 4.78 is 37.3. The van der Waals surface area contributed by atoms with Gasteiger partial charge in [0.2, 0.25) is 0 Å². The van der Waals surface area contributed by atoms with Crippen LogP contribution in [-0.2, 0) is 19.4 Å². The van der Waals surface area contributed by atoms with Crippen molar-refractivity contribution >= 4 is 22.4 Å². The number of fused-ring (bicyclic) bond motifs is 2. The maximum absolute atomic E-state index is 15.1. The fourth-order valence-corrected chi connectivity index (χ4v) is 5.09. The van der Waals surface area contributed by atoms with Gasteiger partial charge in [-0.15, -0.1) is 0 Å². The maximum atomic E-state index is 15.1. The molecule has 3 aromatic heterocycles. The second-order valence-electron chi connectivity index (χ2n) is 10.1. The van der Waals surface area contributed by atoms with Gasteiger partial charge in [0.05, 0.1) is 18.7 Å². The highest BCUT2D eigenvalue weighted by Crippen LogP contribution is 2.34. The van der Waals surface area contributed by atoms with Crippen molar-refractivity contribution in [2.24, 2.45) is 0 Å². The normalized spacial score (nSPS) is 12.6. The van der Waals surface area contributed by atoms with E-state index < -0.39 is 11.6 Å². The predicted molar refractivity (Wildman–Crippen MR) is 151 cm³/mol. The zero-order valence-corrected chi connectivity index (χ0v) is 22.5. The Morgan fingerprint density at radius 1 is 1.05 bits per heavy atom. The van der Waals surface area contributed by atoms with Crippen molar-refractivity contribution in [3.8, 4) is 17.3 Å². The first-order valence-corrected chi connectivity index (χ1v) is 13.7. The monoisotopic (exact) mass is 540 g/mol. The number of hydrogen-bond acceptors (Lipinski definition) is 6. The smallest absolute Gasteiger partial charge is 0.182 e. The fourth-order valence-electron chi connectivity index (χ4n) is 5.09. The predicted octanol–water partition coefficient (Wildman–Crippen LogP) is 6.93. The molecule has 0 bridgehead atoms. The Morgan fingerprint density at radius 2 is 1.88 bits per heavy atom. The number of aromatic nitrogens is 5. The van der Waals surface area contributed by atoms with Crippen LogP contribution in [0.5, 0.6) is 5.75 Å². The molecule has 0 saturated carbocycles. The van der Waals surface area contributed by atoms with Crippen molar-refractivity contribution < 1.29 is 13.5 Å². The van der Waals surface area contributed by atoms with Crippen LogP contribution in [-0.4, -0.2) is 31.3 Å². The van der Waals surface area contributed by atoms with E-state index in [-0.39, 0.29) is 17.9 Å². The van der Waals surface area contributed by atoms with Crippen LogP contribution in [0.1, 0.15) is 48.6 Å². The second-order valence-corrected chi connectivity index (χ2v) is 10.1. The molecule has 0 radical (unpaired) electrons. The van der Waals surface area contributed by atoms with E-state index in [4.69, 9.17) is 19.8 Å². The lowest BCUT2D eigenvalue weighted by Crippen LogP contribution is -2.08. The molecule has 0 aliphatic heterocycles. The molecule has 7 nitrogen and oxygen atoms in total. The summed E-state index contributed by atoms with van der Waals surface area (Å²) in [4.78, 5) is 14.0. The number of pyridine rings is 1. The number of hydrogen-bond donors (Lipinski definition) is 1. The molecule has 0 atom stereocenters. The van der Waals surface area contributed by atoms with Crippen LogP contribution < -0.4 is 10.1 Å². The Balaban J connectivity index is 1.39. The maximum Gasteiger partial charge on any atom is 0.182 e. The van der Waals surface area contributed by atoms with Crippen molar-refractivity contribution in [1.82, 2.24) is 24.7 Å². The summed E-state index contributed by atoms with van der Waals surface area (Å²) >= 11 is 0. The van der Waals surface area contributed by atoms with Crippen LogP contribution in [0.25, 0.3) is 22.4 Å². The third-order valence-electron chi connectivity index (χ3n) is 7.27. The number of nitrogens with one attached hydrogen (secondary N) is 1. The van der Waals surface area contributed by atoms with Gasteiger partial charge in [-0.05, 0) is 50.3 Å². The van der Waals surface area contributed by atoms with Crippen LogP contribution in [0, 0.1) is 18.6 Å². The molecule has 6 rings (SSSR count). The van der Waals surface area contributed by atoms with E-state index in [2.05, 4.69) is 10.3 Å². The number of nitrogens with zero attached hydrogens (tertiary/aromatic N) is 5. The highest BCUT2D eigenvalue weighted by Gasteiger charge is 2.24. The number of aryl methyl sites for hydroxylation is 2. The van der Waals surface area contributed by atoms with Gasteiger partial charge in [-0.3, -0.25) is 9.67 Å². The molecular weight excluding hydrogens is 510 g/mol. The number of halogens is 2. The summed E-state index contributed by atoms with van der Waals surface area (Å²) in [5, 5.41) is 9.09. The number of ether oxygens (including phenoxy) is 1. The topological polar surface area (TPSA) is 77.8 Å². The van der Waals surface area contributed by atoms with E-state index in [0.717, 1.165) is 71.3 Å². The minimum absolute atomic E-state index is 0.0759. The number of anilines is 2. The van der Waals surface area contributed by atoms with Gasteiger partial charge < -0.3 is 10.1 Å². The quantitative estimate of drug-likeness (QED) is 0.204. The molecule has 3 heterocycles. The summed E-state index contributed by atoms with van der Waals surface area (Å²) in [5.41, 5.74) is 5.27. The van der Waals surface area contributed by atoms with Gasteiger partial charge in [0.15, 0.2) is 5.82 Å². The molecule has 9 heteroatoms. The number of benzene rings is 2. The summed E-state index contributed by atoms with van der Waals surface area (Å²) in [7, 11) is 0. The Labute approximate surface area is 231 Å². The van der Waals surface area contributed by atoms with E-state index in [9.17, 15) is 0 Å². The summed E-state index contributed by atoms with van der Waals surface area (Å²) in [6, 6.07) is 12.0. The second kappa shape index (κ2) is 11.0. The fraction of sp³-hybridized carbons (Fsp3) is 0.290. The van der Waals surface area contributed by atoms with E-state index >= 15 is 8.78 Å². The Kier molecular flexibility index (Phi) is 7.11. The van der Waals surface area contributed by atoms with Crippen LogP contribution in [0.4, 0.5) is 20.3 Å². The molecule has 5 aromatic rings. The lowest BCUT2D eigenvalue weighted by molar-refractivity contribution is 0.305. The SMILES string of the molecule is CCCCOc1cc(F)c(Cn2nc(-c3nc4c(c(Nc5ccncc5C)n3)CCC4)c3ccccc32)c(F)c1. The van der Waals surface area contributed by atoms with E-state index in [1.165, 1.54) is 12.1 Å². The highest BCUT2D eigenvalue weighted by molar-refractivity contribution is 5.92. The van der Waals surface area contributed by atoms with Crippen molar-refractivity contribution in [2.75, 3.05) is 11.9 Å². The zero-order chi connectivity index (χ0) is 27.6. The van der Waals surface area contributed by atoms with Gasteiger partial charge in [0.25, 0.3) is 0 Å². The average Bonchev–Trinajstić information content (AvgIpc) is 3.57. The van der Waals surface area contributed by atoms with Crippen molar-refractivity contribution in [3.05, 3.63) is 88.9 Å². The van der Waals surface area contributed by atoms with Gasteiger partial charge in [0.1, 0.15) is 28.9 Å². The van der Waals surface area contributed by atoms with Crippen LogP contribution >= 0.6 is 0 Å². The van der Waals surface area contributed by atoms with Gasteiger partial charge in [0, 0.05) is 52.4 Å². The molecule has 204 valence electrons. The van der Waals surface area contributed by atoms with Gasteiger partial charge >= 0.3 is 0 Å². The standard InChI is InChI=1S/C31H30F2N6O/c1-3-4-14-40-20-15-24(32)23(25(33)16-20)18-39-28-11-6-5-8-22(28)29(38-39)31-36-27-10-7-9-21(27)30(37-31)35-26-12-13-34-17-19(26)2/h5-6,8,11-13,15-17H,3-4,7,9-10,14,18H2,1-2H3,(H,34,35,36,37). The minimum Gasteiger partial charge on any atom is -0.493 e. The molecule has 1 aliphatic rings. The summed E-state index contributed by atoms with van der Waals surface area (Å²) in [6.45, 7) is 4.36. The van der Waals surface area contributed by atoms with Gasteiger partial charge in [-0.25, -0.2) is 18.7 Å².